The Balaban J connectivity index is 2.25. The van der Waals surface area contributed by atoms with Crippen molar-refractivity contribution in [3.63, 3.8) is 0 Å². The van der Waals surface area contributed by atoms with Gasteiger partial charge in [-0.1, -0.05) is 23.7 Å². The predicted octanol–water partition coefficient (Wildman–Crippen LogP) is 1.32. The number of urea groups is 1. The molecule has 6 nitrogen and oxygen atoms in total. The van der Waals surface area contributed by atoms with Gasteiger partial charge in [0, 0.05) is 5.02 Å². The maximum absolute atomic E-state index is 11.8. The number of benzene rings is 1. The van der Waals surface area contributed by atoms with Gasteiger partial charge in [-0.25, -0.2) is 9.69 Å². The molecule has 0 radical (unpaired) electrons. The first-order valence-corrected chi connectivity index (χ1v) is 5.67. The number of carbonyl (C=O) groups is 3. The van der Waals surface area contributed by atoms with Crippen molar-refractivity contribution >= 4 is 35.6 Å². The van der Waals surface area contributed by atoms with Crippen LogP contribution in [0.3, 0.4) is 0 Å². The normalized spacial score (nSPS) is 16.9. The van der Waals surface area contributed by atoms with Gasteiger partial charge in [-0.3, -0.25) is 9.59 Å². The largest absolute Gasteiger partial charge is 0.480 e. The van der Waals surface area contributed by atoms with Crippen LogP contribution in [0, 0.1) is 0 Å². The van der Waals surface area contributed by atoms with E-state index in [-0.39, 0.29) is 5.70 Å². The van der Waals surface area contributed by atoms with Crippen LogP contribution in [-0.4, -0.2) is 34.5 Å². The van der Waals surface area contributed by atoms with Crippen molar-refractivity contribution in [1.29, 1.82) is 0 Å². The summed E-state index contributed by atoms with van der Waals surface area (Å²) >= 11 is 5.80. The van der Waals surface area contributed by atoms with E-state index in [1.165, 1.54) is 6.08 Å². The van der Waals surface area contributed by atoms with Gasteiger partial charge in [0.2, 0.25) is 0 Å². The van der Waals surface area contributed by atoms with Crippen LogP contribution in [-0.2, 0) is 9.59 Å². The molecule has 1 fully saturated rings. The molecule has 0 aromatic heterocycles. The predicted molar refractivity (Wildman–Crippen MR) is 67.3 cm³/mol. The molecule has 2 rings (SSSR count). The van der Waals surface area contributed by atoms with Crippen LogP contribution >= 0.6 is 11.6 Å². The molecule has 0 atom stereocenters. The summed E-state index contributed by atoms with van der Waals surface area (Å²) in [5, 5.41) is 11.4. The van der Waals surface area contributed by atoms with E-state index in [1.807, 2.05) is 0 Å². The summed E-state index contributed by atoms with van der Waals surface area (Å²) < 4.78 is 0. The third-order valence-corrected chi connectivity index (χ3v) is 2.65. The van der Waals surface area contributed by atoms with Crippen molar-refractivity contribution < 1.29 is 19.5 Å². The lowest BCUT2D eigenvalue weighted by Crippen LogP contribution is -2.35. The zero-order valence-electron chi connectivity index (χ0n) is 9.59. The first kappa shape index (κ1) is 13.1. The minimum atomic E-state index is -1.26. The molecule has 0 bridgehead atoms. The van der Waals surface area contributed by atoms with E-state index in [1.54, 1.807) is 24.3 Å². The lowest BCUT2D eigenvalue weighted by molar-refractivity contribution is -0.140. The Labute approximate surface area is 113 Å². The summed E-state index contributed by atoms with van der Waals surface area (Å²) in [5.41, 5.74) is 0.654. The molecule has 2 N–H and O–H groups in total. The van der Waals surface area contributed by atoms with Gasteiger partial charge in [-0.05, 0) is 23.8 Å². The Hall–Kier alpha value is -2.34. The summed E-state index contributed by atoms with van der Waals surface area (Å²) in [6.07, 6.45) is 1.44. The molecule has 1 aliphatic rings. The van der Waals surface area contributed by atoms with E-state index in [2.05, 4.69) is 5.32 Å². The van der Waals surface area contributed by atoms with E-state index in [9.17, 15) is 14.4 Å². The lowest BCUT2D eigenvalue weighted by Gasteiger charge is -2.06. The molecular weight excluding hydrogens is 272 g/mol. The number of nitrogens with zero attached hydrogens (tertiary/aromatic N) is 1. The average molecular weight is 281 g/mol. The standard InChI is InChI=1S/C12H9ClN2O4/c13-8-3-1-2-7(4-8)5-9-11(18)15(6-10(16)17)12(19)14-9/h1-5H,6H2,(H,14,19)(H,16,17)/b9-5+. The highest BCUT2D eigenvalue weighted by atomic mass is 35.5. The first-order chi connectivity index (χ1) is 8.97. The van der Waals surface area contributed by atoms with Crippen LogP contribution < -0.4 is 5.32 Å². The average Bonchev–Trinajstić information content (AvgIpc) is 2.57. The number of rotatable bonds is 3. The molecule has 98 valence electrons. The molecule has 1 heterocycles. The van der Waals surface area contributed by atoms with Gasteiger partial charge < -0.3 is 10.4 Å². The van der Waals surface area contributed by atoms with Gasteiger partial charge in [0.25, 0.3) is 5.91 Å². The van der Waals surface area contributed by atoms with Crippen LogP contribution in [0.4, 0.5) is 4.79 Å². The number of amides is 3. The van der Waals surface area contributed by atoms with Gasteiger partial charge in [0.15, 0.2) is 0 Å². The van der Waals surface area contributed by atoms with Crippen molar-refractivity contribution in [3.05, 3.63) is 40.5 Å². The van der Waals surface area contributed by atoms with Gasteiger partial charge >= 0.3 is 12.0 Å². The highest BCUT2D eigenvalue weighted by Gasteiger charge is 2.34. The fourth-order valence-electron chi connectivity index (χ4n) is 1.61. The molecule has 1 aromatic rings. The summed E-state index contributed by atoms with van der Waals surface area (Å²) in [4.78, 5) is 34.4. The highest BCUT2D eigenvalue weighted by molar-refractivity contribution is 6.30. The number of nitrogens with one attached hydrogen (secondary N) is 1. The van der Waals surface area contributed by atoms with Crippen molar-refractivity contribution in [2.24, 2.45) is 0 Å². The first-order valence-electron chi connectivity index (χ1n) is 5.29. The molecule has 1 aliphatic heterocycles. The molecule has 0 spiro atoms. The quantitative estimate of drug-likeness (QED) is 0.646. The van der Waals surface area contributed by atoms with Gasteiger partial charge in [-0.15, -0.1) is 0 Å². The van der Waals surface area contributed by atoms with Crippen molar-refractivity contribution in [2.75, 3.05) is 6.54 Å². The highest BCUT2D eigenvalue weighted by Crippen LogP contribution is 2.16. The molecule has 0 aliphatic carbocycles. The Morgan fingerprint density at radius 2 is 2.16 bits per heavy atom. The minimum absolute atomic E-state index is 0.0218. The summed E-state index contributed by atoms with van der Waals surface area (Å²) in [5.74, 6) is -1.93. The number of imide groups is 1. The van der Waals surface area contributed by atoms with Crippen LogP contribution in [0.25, 0.3) is 6.08 Å². The number of carboxylic acids is 1. The monoisotopic (exact) mass is 280 g/mol. The molecule has 1 saturated heterocycles. The van der Waals surface area contributed by atoms with Crippen LogP contribution in [0.1, 0.15) is 5.56 Å². The topological polar surface area (TPSA) is 86.7 Å². The Bertz CT molecular complexity index is 597. The second kappa shape index (κ2) is 5.11. The van der Waals surface area contributed by atoms with Gasteiger partial charge in [0.05, 0.1) is 0 Å². The second-order valence-electron chi connectivity index (χ2n) is 3.83. The third-order valence-electron chi connectivity index (χ3n) is 2.42. The van der Waals surface area contributed by atoms with E-state index in [4.69, 9.17) is 16.7 Å². The van der Waals surface area contributed by atoms with Crippen molar-refractivity contribution in [1.82, 2.24) is 10.2 Å². The molecule has 1 aromatic carbocycles. The molecule has 0 unspecified atom stereocenters. The minimum Gasteiger partial charge on any atom is -0.480 e. The van der Waals surface area contributed by atoms with Crippen molar-refractivity contribution in [2.45, 2.75) is 0 Å². The zero-order chi connectivity index (χ0) is 14.0. The van der Waals surface area contributed by atoms with Crippen LogP contribution in [0.2, 0.25) is 5.02 Å². The maximum atomic E-state index is 11.8. The molecular formula is C12H9ClN2O4. The number of hydrogen-bond acceptors (Lipinski definition) is 3. The second-order valence-corrected chi connectivity index (χ2v) is 4.26. The molecule has 7 heteroatoms. The fraction of sp³-hybridized carbons (Fsp3) is 0.0833. The lowest BCUT2D eigenvalue weighted by atomic mass is 10.2. The number of halogens is 1. The fourth-order valence-corrected chi connectivity index (χ4v) is 1.81. The third kappa shape index (κ3) is 2.92. The van der Waals surface area contributed by atoms with E-state index < -0.39 is 24.5 Å². The van der Waals surface area contributed by atoms with Crippen LogP contribution in [0.5, 0.6) is 0 Å². The number of carboxylic acid groups (broad SMARTS) is 1. The van der Waals surface area contributed by atoms with Gasteiger partial charge in [0.1, 0.15) is 12.2 Å². The summed E-state index contributed by atoms with van der Waals surface area (Å²) in [6, 6.07) is 5.95. The summed E-state index contributed by atoms with van der Waals surface area (Å²) in [6.45, 7) is -0.669. The number of hydrogen-bond donors (Lipinski definition) is 2. The smallest absolute Gasteiger partial charge is 0.329 e. The molecule has 19 heavy (non-hydrogen) atoms. The molecule has 0 saturated carbocycles. The molecule has 3 amide bonds. The van der Waals surface area contributed by atoms with Crippen LogP contribution in [0.15, 0.2) is 30.0 Å². The van der Waals surface area contributed by atoms with Gasteiger partial charge in [-0.2, -0.15) is 0 Å². The SMILES string of the molecule is O=C(O)CN1C(=O)N/C(=C/c2cccc(Cl)c2)C1=O. The zero-order valence-corrected chi connectivity index (χ0v) is 10.3. The van der Waals surface area contributed by atoms with E-state index >= 15 is 0 Å². The van der Waals surface area contributed by atoms with E-state index in [0.29, 0.717) is 15.5 Å². The number of aliphatic carboxylic acids is 1. The van der Waals surface area contributed by atoms with Crippen molar-refractivity contribution in [3.8, 4) is 0 Å². The van der Waals surface area contributed by atoms with E-state index in [0.717, 1.165) is 0 Å². The summed E-state index contributed by atoms with van der Waals surface area (Å²) in [7, 11) is 0. The maximum Gasteiger partial charge on any atom is 0.329 e. The number of carbonyl (C=O) groups excluding carboxylic acids is 2. The Kier molecular flexibility index (Phi) is 3.52. The Morgan fingerprint density at radius 3 is 2.79 bits per heavy atom. The Morgan fingerprint density at radius 1 is 1.42 bits per heavy atom.